The van der Waals surface area contributed by atoms with Crippen LogP contribution in [0.15, 0.2) is 12.1 Å². The summed E-state index contributed by atoms with van der Waals surface area (Å²) in [6, 6.07) is 3.84. The van der Waals surface area contributed by atoms with Crippen LogP contribution in [0.5, 0.6) is 5.88 Å². The van der Waals surface area contributed by atoms with Gasteiger partial charge in [0, 0.05) is 11.5 Å². The van der Waals surface area contributed by atoms with E-state index in [4.69, 9.17) is 4.74 Å². The van der Waals surface area contributed by atoms with E-state index < -0.39 is 0 Å². The molecule has 20 heavy (non-hydrogen) atoms. The molecular weight excluding hydrogens is 250 g/mol. The molecule has 0 radical (unpaired) electrons. The van der Waals surface area contributed by atoms with Crippen molar-refractivity contribution < 1.29 is 9.84 Å². The zero-order valence-corrected chi connectivity index (χ0v) is 13.1. The first kappa shape index (κ1) is 15.3. The molecule has 1 aromatic heterocycles. The number of aromatic nitrogens is 1. The lowest BCUT2D eigenvalue weighted by Gasteiger charge is -2.28. The van der Waals surface area contributed by atoms with Gasteiger partial charge in [0.25, 0.3) is 0 Å². The molecule has 1 N–H and O–H groups in total. The number of nitrogens with zero attached hydrogens (tertiary/aromatic N) is 1. The van der Waals surface area contributed by atoms with Gasteiger partial charge in [-0.1, -0.05) is 34.1 Å². The highest BCUT2D eigenvalue weighted by Crippen LogP contribution is 2.29. The number of hydrogen-bond donors (Lipinski definition) is 1. The van der Waals surface area contributed by atoms with Crippen LogP contribution >= 0.6 is 0 Å². The number of rotatable bonds is 3. The second-order valence-corrected chi connectivity index (χ2v) is 7.12. The largest absolute Gasteiger partial charge is 0.474 e. The van der Waals surface area contributed by atoms with E-state index in [2.05, 4.69) is 32.7 Å². The Morgan fingerprint density at radius 1 is 1.30 bits per heavy atom. The number of aliphatic hydroxyl groups excluding tert-OH is 1. The van der Waals surface area contributed by atoms with Gasteiger partial charge in [-0.25, -0.2) is 4.98 Å². The third kappa shape index (κ3) is 3.95. The van der Waals surface area contributed by atoms with Crippen LogP contribution in [0.3, 0.4) is 0 Å². The van der Waals surface area contributed by atoms with Crippen molar-refractivity contribution in [2.75, 3.05) is 0 Å². The van der Waals surface area contributed by atoms with Crippen LogP contribution in [0.4, 0.5) is 0 Å². The number of hydrogen-bond acceptors (Lipinski definition) is 3. The van der Waals surface area contributed by atoms with Gasteiger partial charge in [0.05, 0.1) is 12.3 Å². The zero-order chi connectivity index (χ0) is 14.8. The average molecular weight is 277 g/mol. The van der Waals surface area contributed by atoms with Crippen molar-refractivity contribution in [2.45, 2.75) is 71.5 Å². The van der Waals surface area contributed by atoms with Crippen molar-refractivity contribution in [2.24, 2.45) is 5.92 Å². The minimum atomic E-state index is -0.0385. The summed E-state index contributed by atoms with van der Waals surface area (Å²) in [5.41, 5.74) is 1.81. The highest BCUT2D eigenvalue weighted by atomic mass is 16.5. The summed E-state index contributed by atoms with van der Waals surface area (Å²) in [4.78, 5) is 4.64. The Morgan fingerprint density at radius 3 is 2.65 bits per heavy atom. The van der Waals surface area contributed by atoms with E-state index in [0.717, 1.165) is 30.0 Å². The van der Waals surface area contributed by atoms with Gasteiger partial charge in [-0.15, -0.1) is 0 Å². The van der Waals surface area contributed by atoms with Crippen molar-refractivity contribution in [3.63, 3.8) is 0 Å². The summed E-state index contributed by atoms with van der Waals surface area (Å²) in [6.45, 7) is 8.70. The molecule has 1 aliphatic carbocycles. The van der Waals surface area contributed by atoms with Gasteiger partial charge >= 0.3 is 0 Å². The summed E-state index contributed by atoms with van der Waals surface area (Å²) in [7, 11) is 0. The van der Waals surface area contributed by atoms with Gasteiger partial charge in [-0.05, 0) is 36.8 Å². The first-order valence-corrected chi connectivity index (χ1v) is 7.67. The van der Waals surface area contributed by atoms with Gasteiger partial charge in [-0.3, -0.25) is 0 Å². The lowest BCUT2D eigenvalue weighted by atomic mass is 9.88. The maximum absolute atomic E-state index is 9.42. The number of pyridine rings is 1. The molecule has 0 amide bonds. The zero-order valence-electron chi connectivity index (χ0n) is 13.1. The molecule has 2 atom stereocenters. The molecule has 1 aliphatic rings. The quantitative estimate of drug-likeness (QED) is 0.913. The molecular formula is C17H27NO2. The Morgan fingerprint density at radius 2 is 2.05 bits per heavy atom. The Kier molecular flexibility index (Phi) is 4.69. The molecule has 2 unspecified atom stereocenters. The molecule has 3 heteroatoms. The van der Waals surface area contributed by atoms with Crippen LogP contribution < -0.4 is 4.74 Å². The Balaban J connectivity index is 2.18. The molecule has 3 nitrogen and oxygen atoms in total. The van der Waals surface area contributed by atoms with Crippen LogP contribution in [0.1, 0.15) is 64.6 Å². The highest BCUT2D eigenvalue weighted by Gasteiger charge is 2.22. The van der Waals surface area contributed by atoms with E-state index in [1.165, 1.54) is 12.8 Å². The predicted octanol–water partition coefficient (Wildman–Crippen LogP) is 3.83. The van der Waals surface area contributed by atoms with Crippen LogP contribution in [0.2, 0.25) is 0 Å². The fourth-order valence-corrected chi connectivity index (χ4v) is 2.75. The Bertz CT molecular complexity index is 451. The molecule has 2 rings (SSSR count). The minimum absolute atomic E-state index is 0.0308. The summed E-state index contributed by atoms with van der Waals surface area (Å²) >= 11 is 0. The topological polar surface area (TPSA) is 42.4 Å². The summed E-state index contributed by atoms with van der Waals surface area (Å²) < 4.78 is 6.08. The maximum Gasteiger partial charge on any atom is 0.214 e. The van der Waals surface area contributed by atoms with E-state index in [9.17, 15) is 5.11 Å². The van der Waals surface area contributed by atoms with Gasteiger partial charge < -0.3 is 9.84 Å². The van der Waals surface area contributed by atoms with Gasteiger partial charge in [0.15, 0.2) is 0 Å². The molecule has 0 aliphatic heterocycles. The van der Waals surface area contributed by atoms with Crippen molar-refractivity contribution >= 4 is 0 Å². The number of ether oxygens (including phenoxy) is 1. The van der Waals surface area contributed by atoms with Gasteiger partial charge in [0.2, 0.25) is 5.88 Å². The van der Waals surface area contributed by atoms with E-state index >= 15 is 0 Å². The first-order chi connectivity index (χ1) is 9.38. The fourth-order valence-electron chi connectivity index (χ4n) is 2.75. The van der Waals surface area contributed by atoms with E-state index in [1.54, 1.807) is 0 Å². The molecule has 0 bridgehead atoms. The van der Waals surface area contributed by atoms with Crippen molar-refractivity contribution in [1.29, 1.82) is 0 Å². The van der Waals surface area contributed by atoms with Crippen LogP contribution in [-0.4, -0.2) is 16.2 Å². The lowest BCUT2D eigenvalue weighted by molar-refractivity contribution is 0.123. The molecule has 1 saturated carbocycles. The second kappa shape index (κ2) is 6.13. The van der Waals surface area contributed by atoms with Gasteiger partial charge in [0.1, 0.15) is 6.10 Å². The average Bonchev–Trinajstić information content (AvgIpc) is 2.37. The third-order valence-electron chi connectivity index (χ3n) is 3.99. The molecule has 1 aromatic rings. The van der Waals surface area contributed by atoms with Crippen molar-refractivity contribution in [3.8, 4) is 5.88 Å². The van der Waals surface area contributed by atoms with Crippen molar-refractivity contribution in [3.05, 3.63) is 23.4 Å². The molecule has 0 spiro atoms. The molecule has 112 valence electrons. The van der Waals surface area contributed by atoms with E-state index in [-0.39, 0.29) is 18.1 Å². The summed E-state index contributed by atoms with van der Waals surface area (Å²) in [6.07, 6.45) is 5.03. The SMILES string of the molecule is CC1CCCC(Oc2cc(CO)cc(C(C)(C)C)n2)C1. The van der Waals surface area contributed by atoms with Crippen LogP contribution in [0, 0.1) is 5.92 Å². The predicted molar refractivity (Wildman–Crippen MR) is 80.9 cm³/mol. The maximum atomic E-state index is 9.42. The normalized spacial score (nSPS) is 23.6. The smallest absolute Gasteiger partial charge is 0.214 e. The van der Waals surface area contributed by atoms with Crippen LogP contribution in [0.25, 0.3) is 0 Å². The lowest BCUT2D eigenvalue weighted by Crippen LogP contribution is -2.25. The summed E-state index contributed by atoms with van der Waals surface area (Å²) in [5.74, 6) is 1.40. The minimum Gasteiger partial charge on any atom is -0.474 e. The summed E-state index contributed by atoms with van der Waals surface area (Å²) in [5, 5.41) is 9.42. The van der Waals surface area contributed by atoms with E-state index in [0.29, 0.717) is 5.88 Å². The third-order valence-corrected chi connectivity index (χ3v) is 3.99. The fraction of sp³-hybridized carbons (Fsp3) is 0.706. The Labute approximate surface area is 122 Å². The molecule has 0 aromatic carbocycles. The monoisotopic (exact) mass is 277 g/mol. The highest BCUT2D eigenvalue weighted by molar-refractivity contribution is 5.28. The second-order valence-electron chi connectivity index (χ2n) is 7.12. The Hall–Kier alpha value is -1.09. The van der Waals surface area contributed by atoms with E-state index in [1.807, 2.05) is 12.1 Å². The molecule has 1 heterocycles. The molecule has 0 saturated heterocycles. The first-order valence-electron chi connectivity index (χ1n) is 7.67. The van der Waals surface area contributed by atoms with Crippen LogP contribution in [-0.2, 0) is 12.0 Å². The molecule has 1 fully saturated rings. The van der Waals surface area contributed by atoms with Crippen molar-refractivity contribution in [1.82, 2.24) is 4.98 Å². The standard InChI is InChI=1S/C17H27NO2/c1-12-6-5-7-14(8-12)20-16-10-13(11-19)9-15(18-16)17(2,3)4/h9-10,12,14,19H,5-8,11H2,1-4H3. The van der Waals surface area contributed by atoms with Gasteiger partial charge in [-0.2, -0.15) is 0 Å². The number of aliphatic hydroxyl groups is 1.